The molecule has 0 radical (unpaired) electrons. The molecule has 3 saturated carbocycles. The van der Waals surface area contributed by atoms with Gasteiger partial charge in [0.2, 0.25) is 5.91 Å². The smallest absolute Gasteiger partial charge is 0.306 e. The van der Waals surface area contributed by atoms with Gasteiger partial charge in [0.25, 0.3) is 0 Å². The van der Waals surface area contributed by atoms with Crippen LogP contribution in [-0.4, -0.2) is 35.4 Å². The number of ether oxygens (including phenoxy) is 1. The van der Waals surface area contributed by atoms with Gasteiger partial charge >= 0.3 is 5.97 Å². The van der Waals surface area contributed by atoms with Crippen LogP contribution in [0.1, 0.15) is 83.6 Å². The summed E-state index contributed by atoms with van der Waals surface area (Å²) in [6.45, 7) is 5.22. The molecule has 6 atom stereocenters. The normalized spacial score (nSPS) is 34.5. The van der Waals surface area contributed by atoms with Crippen LogP contribution in [-0.2, 0) is 25.5 Å². The second kappa shape index (κ2) is 10.3. The fourth-order valence-corrected chi connectivity index (χ4v) is 8.24. The fraction of sp³-hybridized carbons (Fsp3) is 0.645. The highest BCUT2D eigenvalue weighted by molar-refractivity contribution is 5.91. The first-order chi connectivity index (χ1) is 17.7. The van der Waals surface area contributed by atoms with E-state index in [0.29, 0.717) is 42.9 Å². The van der Waals surface area contributed by atoms with Crippen LogP contribution < -0.4 is 5.32 Å². The van der Waals surface area contributed by atoms with Crippen molar-refractivity contribution in [3.8, 4) is 5.75 Å². The van der Waals surface area contributed by atoms with E-state index in [0.717, 1.165) is 50.5 Å². The first-order valence-corrected chi connectivity index (χ1v) is 14.2. The molecule has 0 unspecified atom stereocenters. The maximum absolute atomic E-state index is 12.7. The van der Waals surface area contributed by atoms with Gasteiger partial charge in [-0.05, 0) is 98.3 Å². The summed E-state index contributed by atoms with van der Waals surface area (Å²) >= 11 is 0. The second-order valence-electron chi connectivity index (χ2n) is 12.3. The highest BCUT2D eigenvalue weighted by Gasteiger charge is 2.59. The molecule has 0 spiro atoms. The average Bonchev–Trinajstić information content (AvgIpc) is 3.20. The lowest BCUT2D eigenvalue weighted by Crippen LogP contribution is -2.51. The topological polar surface area (TPSA) is 92.7 Å². The Morgan fingerprint density at radius 1 is 1.00 bits per heavy atom. The molecule has 0 heterocycles. The van der Waals surface area contributed by atoms with Crippen LogP contribution in [0.4, 0.5) is 0 Å². The van der Waals surface area contributed by atoms with Gasteiger partial charge in [0.15, 0.2) is 5.78 Å². The van der Waals surface area contributed by atoms with Crippen LogP contribution in [0.3, 0.4) is 0 Å². The number of carbonyl (C=O) groups excluding carboxylic acids is 3. The number of benzene rings is 1. The minimum atomic E-state index is -0.269. The lowest BCUT2D eigenvalue weighted by atomic mass is 9.47. The number of hydrogen-bond donors (Lipinski definition) is 2. The molecule has 6 heteroatoms. The Balaban J connectivity index is 1.11. The first kappa shape index (κ1) is 26.0. The van der Waals surface area contributed by atoms with E-state index < -0.39 is 0 Å². The lowest BCUT2D eigenvalue weighted by molar-refractivity contribution is -0.160. The van der Waals surface area contributed by atoms with Gasteiger partial charge < -0.3 is 15.2 Å². The van der Waals surface area contributed by atoms with Crippen molar-refractivity contribution >= 4 is 17.7 Å². The van der Waals surface area contributed by atoms with Crippen molar-refractivity contribution in [2.24, 2.45) is 28.6 Å². The zero-order valence-electron chi connectivity index (χ0n) is 22.3. The Kier molecular flexibility index (Phi) is 7.21. The van der Waals surface area contributed by atoms with E-state index in [2.05, 4.69) is 19.2 Å². The van der Waals surface area contributed by atoms with Crippen molar-refractivity contribution in [2.45, 2.75) is 90.6 Å². The van der Waals surface area contributed by atoms with Crippen LogP contribution in [0.15, 0.2) is 35.9 Å². The molecular formula is C31H41NO5. The molecule has 3 fully saturated rings. The molecule has 5 rings (SSSR count). The van der Waals surface area contributed by atoms with E-state index in [-0.39, 0.29) is 47.4 Å². The number of esters is 1. The zero-order chi connectivity index (χ0) is 26.2. The van der Waals surface area contributed by atoms with Gasteiger partial charge in [-0.1, -0.05) is 31.6 Å². The number of allylic oxidation sites excluding steroid dienone is 1. The molecule has 200 valence electrons. The maximum atomic E-state index is 12.7. The quantitative estimate of drug-likeness (QED) is 0.490. The van der Waals surface area contributed by atoms with E-state index in [1.807, 2.05) is 18.2 Å². The van der Waals surface area contributed by atoms with Crippen molar-refractivity contribution in [3.63, 3.8) is 0 Å². The number of aromatic hydroxyl groups is 1. The van der Waals surface area contributed by atoms with E-state index in [1.165, 1.54) is 5.57 Å². The number of phenolic OH excluding ortho intramolecular Hbond substituents is 1. The molecule has 0 aliphatic heterocycles. The molecule has 37 heavy (non-hydrogen) atoms. The number of amides is 1. The first-order valence-electron chi connectivity index (χ1n) is 14.2. The monoisotopic (exact) mass is 507 g/mol. The minimum Gasteiger partial charge on any atom is -0.508 e. The zero-order valence-corrected chi connectivity index (χ0v) is 22.3. The van der Waals surface area contributed by atoms with E-state index in [4.69, 9.17) is 4.74 Å². The van der Waals surface area contributed by atoms with E-state index >= 15 is 0 Å². The summed E-state index contributed by atoms with van der Waals surface area (Å²) in [4.78, 5) is 37.1. The average molecular weight is 508 g/mol. The third-order valence-electron chi connectivity index (χ3n) is 10.4. The number of ketones is 1. The second-order valence-corrected chi connectivity index (χ2v) is 12.3. The Morgan fingerprint density at radius 3 is 2.57 bits per heavy atom. The van der Waals surface area contributed by atoms with Gasteiger partial charge in [-0.15, -0.1) is 0 Å². The van der Waals surface area contributed by atoms with Gasteiger partial charge in [-0.25, -0.2) is 0 Å². The Morgan fingerprint density at radius 2 is 1.78 bits per heavy atom. The summed E-state index contributed by atoms with van der Waals surface area (Å²) in [7, 11) is 0. The Hall–Kier alpha value is -2.63. The molecule has 4 aliphatic rings. The van der Waals surface area contributed by atoms with Gasteiger partial charge in [0.1, 0.15) is 11.9 Å². The largest absolute Gasteiger partial charge is 0.508 e. The Bertz CT molecular complexity index is 1080. The summed E-state index contributed by atoms with van der Waals surface area (Å²) in [5, 5.41) is 12.2. The number of rotatable bonds is 7. The van der Waals surface area contributed by atoms with Gasteiger partial charge in [-0.3, -0.25) is 14.4 Å². The molecular weight excluding hydrogens is 466 g/mol. The SMILES string of the molecule is C[C@]12CC[C@@H]3[C@@H](CCC4=CC(=O)CC[C@@]43C)[C@@H]1CC[C@H]2OC(=O)CCC(=O)NCCc1ccc(O)cc1. The summed E-state index contributed by atoms with van der Waals surface area (Å²) < 4.78 is 6.05. The lowest BCUT2D eigenvalue weighted by Gasteiger charge is -2.57. The molecule has 0 bridgehead atoms. The standard InChI is InChI=1S/C31H41NO5/c1-30-16-13-23(34)19-21(30)5-8-24-25-9-10-27(31(25,2)17-14-26(24)30)37-29(36)12-11-28(35)32-18-15-20-3-6-22(33)7-4-20/h3-4,6-7,19,24-27,33H,5,8-18H2,1-2H3,(H,32,35)/t24-,25-,26+,27+,30-,31-/m0/s1. The molecule has 1 aromatic carbocycles. The summed E-state index contributed by atoms with van der Waals surface area (Å²) in [6, 6.07) is 6.94. The number of phenols is 1. The third kappa shape index (κ3) is 5.08. The van der Waals surface area contributed by atoms with Crippen LogP contribution in [0.25, 0.3) is 0 Å². The molecule has 0 aromatic heterocycles. The van der Waals surface area contributed by atoms with Crippen LogP contribution in [0.5, 0.6) is 5.75 Å². The van der Waals surface area contributed by atoms with Crippen molar-refractivity contribution in [1.29, 1.82) is 0 Å². The van der Waals surface area contributed by atoms with Gasteiger partial charge in [0.05, 0.1) is 6.42 Å². The van der Waals surface area contributed by atoms with Crippen molar-refractivity contribution in [1.82, 2.24) is 5.32 Å². The molecule has 4 aliphatic carbocycles. The number of fused-ring (bicyclic) bond motifs is 5. The number of hydrogen-bond acceptors (Lipinski definition) is 5. The molecule has 1 amide bonds. The van der Waals surface area contributed by atoms with Gasteiger partial charge in [0, 0.05) is 24.8 Å². The van der Waals surface area contributed by atoms with E-state index in [1.54, 1.807) is 12.1 Å². The molecule has 2 N–H and O–H groups in total. The van der Waals surface area contributed by atoms with Crippen LogP contribution >= 0.6 is 0 Å². The van der Waals surface area contributed by atoms with Crippen LogP contribution in [0.2, 0.25) is 0 Å². The molecule has 6 nitrogen and oxygen atoms in total. The summed E-state index contributed by atoms with van der Waals surface area (Å²) in [5.74, 6) is 1.93. The van der Waals surface area contributed by atoms with Gasteiger partial charge in [-0.2, -0.15) is 0 Å². The van der Waals surface area contributed by atoms with Crippen molar-refractivity contribution in [3.05, 3.63) is 41.5 Å². The number of carbonyl (C=O) groups is 3. The van der Waals surface area contributed by atoms with E-state index in [9.17, 15) is 19.5 Å². The predicted octanol–water partition coefficient (Wildman–Crippen LogP) is 5.27. The van der Waals surface area contributed by atoms with Crippen molar-refractivity contribution in [2.75, 3.05) is 6.54 Å². The summed E-state index contributed by atoms with van der Waals surface area (Å²) in [5.41, 5.74) is 2.58. The Labute approximate surface area is 220 Å². The minimum absolute atomic E-state index is 0.00523. The third-order valence-corrected chi connectivity index (χ3v) is 10.4. The van der Waals surface area contributed by atoms with Crippen molar-refractivity contribution < 1.29 is 24.2 Å². The highest BCUT2D eigenvalue weighted by Crippen LogP contribution is 2.65. The van der Waals surface area contributed by atoms with Crippen LogP contribution in [0, 0.1) is 28.6 Å². The predicted molar refractivity (Wildman–Crippen MR) is 141 cm³/mol. The molecule has 0 saturated heterocycles. The summed E-state index contributed by atoms with van der Waals surface area (Å²) in [6.07, 6.45) is 10.8. The fourth-order valence-electron chi connectivity index (χ4n) is 8.24. The number of nitrogens with one attached hydrogen (secondary N) is 1. The maximum Gasteiger partial charge on any atom is 0.306 e. The molecule has 1 aromatic rings. The highest BCUT2D eigenvalue weighted by atomic mass is 16.5.